The van der Waals surface area contributed by atoms with Crippen molar-refractivity contribution in [3.05, 3.63) is 119 Å². The number of hydrogen-bond donors (Lipinski definition) is 2. The van der Waals surface area contributed by atoms with Crippen molar-refractivity contribution in [2.75, 3.05) is 37.8 Å². The van der Waals surface area contributed by atoms with E-state index in [9.17, 15) is 0 Å². The lowest BCUT2D eigenvalue weighted by Crippen LogP contribution is -2.42. The molecule has 0 spiro atoms. The maximum absolute atomic E-state index is 4.52. The Kier molecular flexibility index (Phi) is 10.8. The van der Waals surface area contributed by atoms with Gasteiger partial charge in [0.25, 0.3) is 0 Å². The molecule has 8 heterocycles. The van der Waals surface area contributed by atoms with Crippen molar-refractivity contribution in [2.24, 2.45) is 0 Å². The summed E-state index contributed by atoms with van der Waals surface area (Å²) in [7, 11) is 4.43. The van der Waals surface area contributed by atoms with Gasteiger partial charge in [-0.05, 0) is 117 Å². The van der Waals surface area contributed by atoms with E-state index in [-0.39, 0.29) is 0 Å². The van der Waals surface area contributed by atoms with E-state index in [0.29, 0.717) is 24.2 Å². The molecule has 0 saturated carbocycles. The summed E-state index contributed by atoms with van der Waals surface area (Å²) in [6, 6.07) is 32.4. The Bertz CT molecular complexity index is 2570. The Morgan fingerprint density at radius 2 is 0.933 bits per heavy atom. The molecule has 0 aliphatic carbocycles. The molecule has 0 radical (unpaired) electrons. The van der Waals surface area contributed by atoms with Crippen LogP contribution >= 0.6 is 0 Å². The molecule has 12 heteroatoms. The molecule has 312 valence electrons. The number of benzene rings is 2. The number of hydrogen-bond acceptors (Lipinski definition) is 8. The average Bonchev–Trinajstić information content (AvgIpc) is 3.99. The van der Waals surface area contributed by atoms with Gasteiger partial charge in [0.15, 0.2) is 11.3 Å². The first-order valence-corrected chi connectivity index (χ1v) is 21.7. The van der Waals surface area contributed by atoms with Gasteiger partial charge in [-0.1, -0.05) is 60.7 Å². The average molecular weight is 805 g/mol. The Balaban J connectivity index is 0.000000154. The van der Waals surface area contributed by atoms with Crippen molar-refractivity contribution in [2.45, 2.75) is 104 Å². The predicted molar refractivity (Wildman–Crippen MR) is 244 cm³/mol. The lowest BCUT2D eigenvalue weighted by atomic mass is 9.99. The zero-order chi connectivity index (χ0) is 41.7. The number of nitrogens with one attached hydrogen (secondary N) is 2. The highest BCUT2D eigenvalue weighted by molar-refractivity contribution is 5.89. The summed E-state index contributed by atoms with van der Waals surface area (Å²) in [6.07, 6.45) is 4.56. The van der Waals surface area contributed by atoms with Crippen LogP contribution in [0.3, 0.4) is 0 Å². The smallest absolute Gasteiger partial charge is 0.184 e. The van der Waals surface area contributed by atoms with Crippen LogP contribution in [0.15, 0.2) is 84.9 Å². The van der Waals surface area contributed by atoms with E-state index < -0.39 is 0 Å². The minimum Gasteiger partial charge on any atom is -0.379 e. The highest BCUT2D eigenvalue weighted by Crippen LogP contribution is 2.32. The first kappa shape index (κ1) is 39.7. The van der Waals surface area contributed by atoms with Crippen LogP contribution in [0.5, 0.6) is 0 Å². The van der Waals surface area contributed by atoms with Gasteiger partial charge in [0.1, 0.15) is 11.6 Å². The number of likely N-dealkylation sites (tertiary alicyclic amines) is 2. The third-order valence-corrected chi connectivity index (χ3v) is 13.3. The van der Waals surface area contributed by atoms with E-state index in [1.54, 1.807) is 0 Å². The first-order valence-electron chi connectivity index (χ1n) is 21.7. The van der Waals surface area contributed by atoms with Crippen molar-refractivity contribution in [3.63, 3.8) is 0 Å². The van der Waals surface area contributed by atoms with Gasteiger partial charge in [-0.25, -0.2) is 0 Å². The number of aryl methyl sites for hydroxylation is 4. The van der Waals surface area contributed by atoms with Gasteiger partial charge in [0, 0.05) is 61.7 Å². The standard InChI is InChI=1S/2C24H30N6/c2*1-16-12-20(10-11-28(16)4)25-21-14-22-23(30-18(3)26-27-24(21)30)13-17(2)29(22)15-19-8-6-5-7-9-19/h2*5-9,13-14,16,20,25H,10-12,15H2,1-4H3/t2*16-,20+/m10/s1. The summed E-state index contributed by atoms with van der Waals surface area (Å²) in [6.45, 7) is 17.0. The number of rotatable bonds is 8. The second-order valence-electron chi connectivity index (χ2n) is 17.6. The molecule has 10 rings (SSSR count). The quantitative estimate of drug-likeness (QED) is 0.158. The van der Waals surface area contributed by atoms with Crippen LogP contribution in [0.1, 0.15) is 73.7 Å². The van der Waals surface area contributed by atoms with Crippen molar-refractivity contribution in [3.8, 4) is 0 Å². The molecule has 6 aromatic heterocycles. The van der Waals surface area contributed by atoms with Crippen molar-refractivity contribution >= 4 is 44.7 Å². The van der Waals surface area contributed by atoms with E-state index in [4.69, 9.17) is 0 Å². The summed E-state index contributed by atoms with van der Waals surface area (Å²) in [4.78, 5) is 4.87. The molecular formula is C48H60N12. The van der Waals surface area contributed by atoms with Gasteiger partial charge < -0.3 is 29.6 Å². The molecule has 8 aromatic rings. The molecule has 0 bridgehead atoms. The molecule has 4 atom stereocenters. The number of nitrogens with zero attached hydrogens (tertiary/aromatic N) is 10. The number of piperidine rings is 2. The summed E-state index contributed by atoms with van der Waals surface area (Å²) in [5.74, 6) is 1.85. The molecule has 2 aliphatic heterocycles. The third kappa shape index (κ3) is 7.62. The third-order valence-electron chi connectivity index (χ3n) is 13.3. The van der Waals surface area contributed by atoms with Gasteiger partial charge in [0.2, 0.25) is 0 Å². The number of anilines is 2. The lowest BCUT2D eigenvalue weighted by Gasteiger charge is -2.35. The van der Waals surface area contributed by atoms with Crippen LogP contribution in [0.25, 0.3) is 33.4 Å². The predicted octanol–water partition coefficient (Wildman–Crippen LogP) is 8.49. The van der Waals surface area contributed by atoms with E-state index in [1.807, 2.05) is 13.8 Å². The Labute approximate surface area is 353 Å². The monoisotopic (exact) mass is 805 g/mol. The molecule has 2 fully saturated rings. The largest absolute Gasteiger partial charge is 0.379 e. The van der Waals surface area contributed by atoms with Crippen LogP contribution in [0, 0.1) is 27.7 Å². The van der Waals surface area contributed by atoms with Crippen molar-refractivity contribution in [1.82, 2.24) is 48.1 Å². The van der Waals surface area contributed by atoms with Gasteiger partial charge in [-0.2, -0.15) is 0 Å². The van der Waals surface area contributed by atoms with E-state index in [0.717, 1.165) is 86.2 Å². The molecule has 2 aromatic carbocycles. The number of pyridine rings is 2. The highest BCUT2D eigenvalue weighted by atomic mass is 15.3. The fourth-order valence-electron chi connectivity index (χ4n) is 9.52. The molecule has 0 amide bonds. The van der Waals surface area contributed by atoms with Gasteiger partial charge in [-0.15, -0.1) is 20.4 Å². The van der Waals surface area contributed by atoms with Gasteiger partial charge >= 0.3 is 0 Å². The van der Waals surface area contributed by atoms with Crippen molar-refractivity contribution < 1.29 is 0 Å². The van der Waals surface area contributed by atoms with E-state index in [2.05, 4.69) is 185 Å². The minimum atomic E-state index is 0.452. The van der Waals surface area contributed by atoms with Crippen LogP contribution in [0.4, 0.5) is 11.4 Å². The molecule has 60 heavy (non-hydrogen) atoms. The summed E-state index contributed by atoms with van der Waals surface area (Å²) in [5.41, 5.74) is 13.9. The van der Waals surface area contributed by atoms with Gasteiger partial charge in [-0.3, -0.25) is 8.80 Å². The molecule has 0 unspecified atom stereocenters. The summed E-state index contributed by atoms with van der Waals surface area (Å²) in [5, 5.41) is 25.5. The Morgan fingerprint density at radius 3 is 1.32 bits per heavy atom. The first-order chi connectivity index (χ1) is 29.0. The zero-order valence-electron chi connectivity index (χ0n) is 36.5. The second-order valence-corrected chi connectivity index (χ2v) is 17.6. The Hall–Kier alpha value is -5.72. The maximum Gasteiger partial charge on any atom is 0.184 e. The molecule has 2 aliphatic rings. The van der Waals surface area contributed by atoms with Crippen LogP contribution in [-0.2, 0) is 13.1 Å². The molecule has 12 nitrogen and oxygen atoms in total. The summed E-state index contributed by atoms with van der Waals surface area (Å²) < 4.78 is 9.19. The zero-order valence-corrected chi connectivity index (χ0v) is 36.5. The Morgan fingerprint density at radius 1 is 0.533 bits per heavy atom. The minimum absolute atomic E-state index is 0.452. The molecule has 2 saturated heterocycles. The van der Waals surface area contributed by atoms with E-state index >= 15 is 0 Å². The second kappa shape index (κ2) is 16.4. The highest BCUT2D eigenvalue weighted by Gasteiger charge is 2.26. The van der Waals surface area contributed by atoms with Gasteiger partial charge in [0.05, 0.1) is 33.4 Å². The normalized spacial score (nSPS) is 20.3. The number of aromatic nitrogens is 8. The SMILES string of the molecule is Cc1cc2c(cc(N[C@@H]3CCN(C)[C@@H](C)C3)c3nnc(C)n32)n1Cc1ccccc1.Cc1cc2c(cc(N[C@H]3CCN(C)[C@H](C)C3)c3nnc(C)n32)n1Cc1ccccc1. The van der Waals surface area contributed by atoms with Crippen LogP contribution < -0.4 is 10.6 Å². The van der Waals surface area contributed by atoms with Crippen molar-refractivity contribution in [1.29, 1.82) is 0 Å². The van der Waals surface area contributed by atoms with E-state index in [1.165, 1.54) is 44.6 Å². The summed E-state index contributed by atoms with van der Waals surface area (Å²) >= 11 is 0. The number of fused-ring (bicyclic) bond motifs is 6. The van der Waals surface area contributed by atoms with Crippen LogP contribution in [-0.4, -0.2) is 99.5 Å². The fraction of sp³-hybridized carbons (Fsp3) is 0.417. The van der Waals surface area contributed by atoms with Crippen LogP contribution in [0.2, 0.25) is 0 Å². The maximum atomic E-state index is 4.52. The molecule has 2 N–H and O–H groups in total. The lowest BCUT2D eigenvalue weighted by molar-refractivity contribution is 0.190. The fourth-order valence-corrected chi connectivity index (χ4v) is 9.52. The topological polar surface area (TPSA) is 101 Å². The molecular weight excluding hydrogens is 745 g/mol.